The molecule has 2 rings (SSSR count). The van der Waals surface area contributed by atoms with Crippen molar-refractivity contribution in [3.63, 3.8) is 0 Å². The lowest BCUT2D eigenvalue weighted by Crippen LogP contribution is -2.44. The second kappa shape index (κ2) is 9.36. The normalized spacial score (nSPS) is 12.0. The number of nitrogens with one attached hydrogen (secondary N) is 1. The molecule has 0 aliphatic rings. The average molecular weight is 389 g/mol. The summed E-state index contributed by atoms with van der Waals surface area (Å²) in [5.41, 5.74) is 0.961. The van der Waals surface area contributed by atoms with Crippen LogP contribution < -0.4 is 10.9 Å². The standard InChI is InChI=1S/C19H23N3O4S/c1-12(2)10-16(19(25)26)20-17(23)11-22-18(24)9-8-15(21-22)13-4-6-14(27-3)7-5-13/h4-9,12,16H,10-11H2,1-3H3,(H,20,23)(H,25,26). The first kappa shape index (κ1) is 20.7. The van der Waals surface area contributed by atoms with Crippen molar-refractivity contribution in [1.29, 1.82) is 0 Å². The Morgan fingerprint density at radius 2 is 1.85 bits per heavy atom. The number of aromatic nitrogens is 2. The molecule has 0 aliphatic heterocycles. The van der Waals surface area contributed by atoms with Crippen LogP contribution in [0.2, 0.25) is 0 Å². The molecule has 1 unspecified atom stereocenters. The lowest BCUT2D eigenvalue weighted by molar-refractivity contribution is -0.142. The first-order valence-corrected chi connectivity index (χ1v) is 9.77. The van der Waals surface area contributed by atoms with Crippen LogP contribution in [0.15, 0.2) is 46.1 Å². The molecule has 1 amide bonds. The van der Waals surface area contributed by atoms with Gasteiger partial charge in [-0.1, -0.05) is 26.0 Å². The molecular formula is C19H23N3O4S. The predicted molar refractivity (Wildman–Crippen MR) is 105 cm³/mol. The largest absolute Gasteiger partial charge is 0.480 e. The third-order valence-corrected chi connectivity index (χ3v) is 4.63. The van der Waals surface area contributed by atoms with Gasteiger partial charge in [-0.15, -0.1) is 11.8 Å². The number of carbonyl (C=O) groups is 2. The van der Waals surface area contributed by atoms with E-state index in [1.807, 2.05) is 44.4 Å². The molecule has 0 saturated heterocycles. The van der Waals surface area contributed by atoms with Gasteiger partial charge < -0.3 is 10.4 Å². The minimum Gasteiger partial charge on any atom is -0.480 e. The maximum Gasteiger partial charge on any atom is 0.326 e. The summed E-state index contributed by atoms with van der Waals surface area (Å²) in [5, 5.41) is 15.9. The highest BCUT2D eigenvalue weighted by Gasteiger charge is 2.21. The van der Waals surface area contributed by atoms with Crippen LogP contribution in [0.5, 0.6) is 0 Å². The third-order valence-electron chi connectivity index (χ3n) is 3.89. The number of hydrogen-bond acceptors (Lipinski definition) is 5. The lowest BCUT2D eigenvalue weighted by atomic mass is 10.0. The van der Waals surface area contributed by atoms with E-state index in [4.69, 9.17) is 0 Å². The molecule has 2 N–H and O–H groups in total. The van der Waals surface area contributed by atoms with Gasteiger partial charge >= 0.3 is 5.97 Å². The Morgan fingerprint density at radius 3 is 2.41 bits per heavy atom. The van der Waals surface area contributed by atoms with Crippen LogP contribution in [0, 0.1) is 5.92 Å². The van der Waals surface area contributed by atoms with Crippen molar-refractivity contribution in [2.45, 2.75) is 37.8 Å². The van der Waals surface area contributed by atoms with Gasteiger partial charge in [-0.25, -0.2) is 9.48 Å². The first-order valence-electron chi connectivity index (χ1n) is 8.55. The van der Waals surface area contributed by atoms with Crippen LogP contribution in [0.1, 0.15) is 20.3 Å². The lowest BCUT2D eigenvalue weighted by Gasteiger charge is -2.16. The molecule has 144 valence electrons. The minimum atomic E-state index is -1.10. The Hall–Kier alpha value is -2.61. The molecule has 1 atom stereocenters. The fraction of sp³-hybridized carbons (Fsp3) is 0.368. The Bertz CT molecular complexity index is 862. The zero-order valence-corrected chi connectivity index (χ0v) is 16.3. The highest BCUT2D eigenvalue weighted by molar-refractivity contribution is 7.98. The average Bonchev–Trinajstić information content (AvgIpc) is 2.62. The molecule has 0 saturated carbocycles. The van der Waals surface area contributed by atoms with Crippen LogP contribution in [0.4, 0.5) is 0 Å². The summed E-state index contributed by atoms with van der Waals surface area (Å²) in [6, 6.07) is 9.65. The van der Waals surface area contributed by atoms with Crippen molar-refractivity contribution >= 4 is 23.6 Å². The third kappa shape index (κ3) is 5.96. The summed E-state index contributed by atoms with van der Waals surface area (Å²) in [7, 11) is 0. The number of amides is 1. The van der Waals surface area contributed by atoms with Crippen molar-refractivity contribution in [3.8, 4) is 11.3 Å². The molecule has 1 aromatic heterocycles. The number of hydrogen-bond donors (Lipinski definition) is 2. The number of carboxylic acids is 1. The molecule has 27 heavy (non-hydrogen) atoms. The van der Waals surface area contributed by atoms with E-state index in [1.54, 1.807) is 17.8 Å². The molecular weight excluding hydrogens is 366 g/mol. The van der Waals surface area contributed by atoms with Crippen molar-refractivity contribution < 1.29 is 14.7 Å². The van der Waals surface area contributed by atoms with Crippen LogP contribution in [0.25, 0.3) is 11.3 Å². The zero-order valence-electron chi connectivity index (χ0n) is 15.5. The zero-order chi connectivity index (χ0) is 20.0. The molecule has 0 spiro atoms. The molecule has 0 aliphatic carbocycles. The van der Waals surface area contributed by atoms with Gasteiger partial charge in [0.2, 0.25) is 5.91 Å². The summed E-state index contributed by atoms with van der Waals surface area (Å²) in [6.07, 6.45) is 2.29. The van der Waals surface area contributed by atoms with Gasteiger partial charge in [0.15, 0.2) is 0 Å². The maximum atomic E-state index is 12.2. The fourth-order valence-corrected chi connectivity index (χ4v) is 2.96. The Morgan fingerprint density at radius 1 is 1.19 bits per heavy atom. The second-order valence-corrected chi connectivity index (χ2v) is 7.41. The monoisotopic (exact) mass is 389 g/mol. The summed E-state index contributed by atoms with van der Waals surface area (Å²) >= 11 is 1.62. The van der Waals surface area contributed by atoms with E-state index >= 15 is 0 Å². The van der Waals surface area contributed by atoms with E-state index in [-0.39, 0.29) is 12.5 Å². The summed E-state index contributed by atoms with van der Waals surface area (Å²) in [4.78, 5) is 36.6. The van der Waals surface area contributed by atoms with Gasteiger partial charge in [0.05, 0.1) is 5.69 Å². The molecule has 0 bridgehead atoms. The van der Waals surface area contributed by atoms with E-state index in [9.17, 15) is 19.5 Å². The highest BCUT2D eigenvalue weighted by Crippen LogP contribution is 2.20. The predicted octanol–water partition coefficient (Wildman–Crippen LogP) is 2.25. The van der Waals surface area contributed by atoms with Gasteiger partial charge in [-0.3, -0.25) is 9.59 Å². The molecule has 8 heteroatoms. The van der Waals surface area contributed by atoms with Crippen molar-refractivity contribution in [2.24, 2.45) is 5.92 Å². The Balaban J connectivity index is 2.16. The van der Waals surface area contributed by atoms with Crippen LogP contribution in [0.3, 0.4) is 0 Å². The minimum absolute atomic E-state index is 0.111. The maximum absolute atomic E-state index is 12.2. The molecule has 1 aromatic carbocycles. The van der Waals surface area contributed by atoms with E-state index in [0.717, 1.165) is 15.1 Å². The van der Waals surface area contributed by atoms with Gasteiger partial charge in [0.1, 0.15) is 12.6 Å². The van der Waals surface area contributed by atoms with E-state index in [2.05, 4.69) is 10.4 Å². The number of aliphatic carboxylic acids is 1. The van der Waals surface area contributed by atoms with E-state index in [0.29, 0.717) is 12.1 Å². The van der Waals surface area contributed by atoms with Crippen molar-refractivity contribution in [3.05, 3.63) is 46.8 Å². The van der Waals surface area contributed by atoms with Crippen LogP contribution in [-0.2, 0) is 16.1 Å². The van der Waals surface area contributed by atoms with Gasteiger partial charge in [-0.2, -0.15) is 5.10 Å². The van der Waals surface area contributed by atoms with Gasteiger partial charge in [0.25, 0.3) is 5.56 Å². The summed E-state index contributed by atoms with van der Waals surface area (Å²) in [6.45, 7) is 3.41. The summed E-state index contributed by atoms with van der Waals surface area (Å²) < 4.78 is 1.04. The number of nitrogens with zero attached hydrogens (tertiary/aromatic N) is 2. The topological polar surface area (TPSA) is 101 Å². The number of carboxylic acid groups (broad SMARTS) is 1. The van der Waals surface area contributed by atoms with Crippen LogP contribution in [-0.4, -0.2) is 39.1 Å². The number of thioether (sulfide) groups is 1. The number of rotatable bonds is 8. The number of carbonyl (C=O) groups excluding carboxylic acids is 1. The van der Waals surface area contributed by atoms with Gasteiger partial charge in [-0.05, 0) is 36.8 Å². The SMILES string of the molecule is CSc1ccc(-c2ccc(=O)n(CC(=O)NC(CC(C)C)C(=O)O)n2)cc1. The van der Waals surface area contributed by atoms with Gasteiger partial charge in [0, 0.05) is 16.5 Å². The molecule has 7 nitrogen and oxygen atoms in total. The smallest absolute Gasteiger partial charge is 0.326 e. The summed E-state index contributed by atoms with van der Waals surface area (Å²) in [5.74, 6) is -1.55. The second-order valence-electron chi connectivity index (χ2n) is 6.53. The molecule has 0 fully saturated rings. The number of benzene rings is 1. The quantitative estimate of drug-likeness (QED) is 0.672. The molecule has 1 heterocycles. The molecule has 2 aromatic rings. The Kier molecular flexibility index (Phi) is 7.18. The highest BCUT2D eigenvalue weighted by atomic mass is 32.2. The first-order chi connectivity index (χ1) is 12.8. The fourth-order valence-electron chi connectivity index (χ4n) is 2.55. The molecule has 0 radical (unpaired) electrons. The van der Waals surface area contributed by atoms with Crippen molar-refractivity contribution in [1.82, 2.24) is 15.1 Å². The van der Waals surface area contributed by atoms with Crippen molar-refractivity contribution in [2.75, 3.05) is 6.26 Å². The van der Waals surface area contributed by atoms with E-state index in [1.165, 1.54) is 6.07 Å². The van der Waals surface area contributed by atoms with Crippen LogP contribution >= 0.6 is 11.8 Å². The Labute approximate surface area is 161 Å². The van der Waals surface area contributed by atoms with E-state index < -0.39 is 23.5 Å².